The van der Waals surface area contributed by atoms with Crippen LogP contribution in [0, 0.1) is 6.92 Å². The Morgan fingerprint density at radius 2 is 2.21 bits per heavy atom. The molecular formula is C12H17NO. The van der Waals surface area contributed by atoms with Gasteiger partial charge in [-0.2, -0.15) is 0 Å². The molecule has 1 aliphatic rings. The van der Waals surface area contributed by atoms with E-state index in [0.717, 1.165) is 26.3 Å². The molecule has 0 aliphatic carbocycles. The number of rotatable bonds is 1. The van der Waals surface area contributed by atoms with Gasteiger partial charge in [-0.15, -0.1) is 0 Å². The van der Waals surface area contributed by atoms with Gasteiger partial charge in [0.15, 0.2) is 0 Å². The van der Waals surface area contributed by atoms with Gasteiger partial charge in [0.1, 0.15) is 0 Å². The molecule has 0 aromatic heterocycles. The highest BCUT2D eigenvalue weighted by Gasteiger charge is 2.15. The Morgan fingerprint density at radius 3 is 3.07 bits per heavy atom. The summed E-state index contributed by atoms with van der Waals surface area (Å²) in [4.78, 5) is 0. The minimum atomic E-state index is 0.513. The first-order valence-electron chi connectivity index (χ1n) is 5.22. The van der Waals surface area contributed by atoms with Crippen molar-refractivity contribution in [2.75, 3.05) is 26.3 Å². The van der Waals surface area contributed by atoms with Crippen molar-refractivity contribution in [1.29, 1.82) is 0 Å². The molecule has 0 spiro atoms. The zero-order chi connectivity index (χ0) is 9.80. The second-order valence-electron chi connectivity index (χ2n) is 3.83. The van der Waals surface area contributed by atoms with Crippen molar-refractivity contribution < 1.29 is 4.74 Å². The molecule has 76 valence electrons. The van der Waals surface area contributed by atoms with Crippen LogP contribution in [-0.4, -0.2) is 26.3 Å². The van der Waals surface area contributed by atoms with E-state index in [-0.39, 0.29) is 0 Å². The maximum absolute atomic E-state index is 5.55. The van der Waals surface area contributed by atoms with Crippen LogP contribution in [0.1, 0.15) is 17.0 Å². The summed E-state index contributed by atoms with van der Waals surface area (Å²) in [6.45, 7) is 5.85. The number of aryl methyl sites for hydroxylation is 1. The molecule has 1 aromatic carbocycles. The van der Waals surface area contributed by atoms with Crippen molar-refractivity contribution in [2.24, 2.45) is 0 Å². The molecule has 0 amide bonds. The molecule has 1 saturated heterocycles. The Labute approximate surface area is 85.3 Å². The smallest absolute Gasteiger partial charge is 0.0591 e. The van der Waals surface area contributed by atoms with Gasteiger partial charge in [0.2, 0.25) is 0 Å². The van der Waals surface area contributed by atoms with Gasteiger partial charge in [0.05, 0.1) is 13.2 Å². The van der Waals surface area contributed by atoms with E-state index in [9.17, 15) is 0 Å². The Kier molecular flexibility index (Phi) is 3.17. The number of hydrogen-bond donors (Lipinski definition) is 1. The summed E-state index contributed by atoms with van der Waals surface area (Å²) in [6.07, 6.45) is 0. The molecule has 1 atom stereocenters. The van der Waals surface area contributed by atoms with Crippen LogP contribution < -0.4 is 5.32 Å². The maximum atomic E-state index is 5.55. The standard InChI is InChI=1S/C12H17NO/c1-10-4-2-3-5-12(10)11-8-13-6-7-14-9-11/h2-5,11,13H,6-9H2,1H3. The van der Waals surface area contributed by atoms with Gasteiger partial charge < -0.3 is 10.1 Å². The fourth-order valence-corrected chi connectivity index (χ4v) is 1.95. The zero-order valence-corrected chi connectivity index (χ0v) is 8.62. The van der Waals surface area contributed by atoms with Crippen molar-refractivity contribution >= 4 is 0 Å². The Hall–Kier alpha value is -0.860. The third-order valence-electron chi connectivity index (χ3n) is 2.76. The maximum Gasteiger partial charge on any atom is 0.0591 e. The molecule has 1 heterocycles. The second-order valence-corrected chi connectivity index (χ2v) is 3.83. The quantitative estimate of drug-likeness (QED) is 0.729. The van der Waals surface area contributed by atoms with Crippen molar-refractivity contribution in [3.8, 4) is 0 Å². The van der Waals surface area contributed by atoms with Crippen LogP contribution in [0.4, 0.5) is 0 Å². The first-order valence-corrected chi connectivity index (χ1v) is 5.22. The molecule has 2 rings (SSSR count). The molecule has 2 nitrogen and oxygen atoms in total. The fraction of sp³-hybridized carbons (Fsp3) is 0.500. The lowest BCUT2D eigenvalue weighted by atomic mass is 9.95. The highest BCUT2D eigenvalue weighted by molar-refractivity contribution is 5.29. The van der Waals surface area contributed by atoms with E-state index < -0.39 is 0 Å². The Bertz CT molecular complexity index is 290. The largest absolute Gasteiger partial charge is 0.379 e. The van der Waals surface area contributed by atoms with Gasteiger partial charge in [-0.05, 0) is 18.1 Å². The van der Waals surface area contributed by atoms with Gasteiger partial charge in [-0.1, -0.05) is 24.3 Å². The lowest BCUT2D eigenvalue weighted by Crippen LogP contribution is -2.21. The van der Waals surface area contributed by atoms with Gasteiger partial charge in [-0.3, -0.25) is 0 Å². The monoisotopic (exact) mass is 191 g/mol. The molecule has 1 fully saturated rings. The molecule has 0 saturated carbocycles. The third kappa shape index (κ3) is 2.14. The molecule has 1 N–H and O–H groups in total. The van der Waals surface area contributed by atoms with E-state index in [0.29, 0.717) is 5.92 Å². The second kappa shape index (κ2) is 4.58. The van der Waals surface area contributed by atoms with E-state index in [1.807, 2.05) is 0 Å². The van der Waals surface area contributed by atoms with E-state index in [1.165, 1.54) is 11.1 Å². The number of nitrogens with one attached hydrogen (secondary N) is 1. The van der Waals surface area contributed by atoms with Gasteiger partial charge in [0, 0.05) is 19.0 Å². The lowest BCUT2D eigenvalue weighted by molar-refractivity contribution is 0.141. The molecule has 2 heteroatoms. The molecule has 14 heavy (non-hydrogen) atoms. The number of benzene rings is 1. The van der Waals surface area contributed by atoms with Crippen LogP contribution in [0.15, 0.2) is 24.3 Å². The fourth-order valence-electron chi connectivity index (χ4n) is 1.95. The minimum absolute atomic E-state index is 0.513. The molecule has 1 unspecified atom stereocenters. The number of ether oxygens (including phenoxy) is 1. The highest BCUT2D eigenvalue weighted by Crippen LogP contribution is 2.20. The van der Waals surface area contributed by atoms with Gasteiger partial charge >= 0.3 is 0 Å². The third-order valence-corrected chi connectivity index (χ3v) is 2.76. The zero-order valence-electron chi connectivity index (χ0n) is 8.62. The van der Waals surface area contributed by atoms with E-state index in [2.05, 4.69) is 36.5 Å². The van der Waals surface area contributed by atoms with Crippen LogP contribution in [0.2, 0.25) is 0 Å². The molecule has 0 bridgehead atoms. The number of hydrogen-bond acceptors (Lipinski definition) is 2. The molecule has 0 radical (unpaired) electrons. The van der Waals surface area contributed by atoms with Crippen LogP contribution in [0.3, 0.4) is 0 Å². The summed E-state index contributed by atoms with van der Waals surface area (Å²) in [5.41, 5.74) is 2.78. The summed E-state index contributed by atoms with van der Waals surface area (Å²) in [5, 5.41) is 3.40. The van der Waals surface area contributed by atoms with Crippen LogP contribution in [-0.2, 0) is 4.74 Å². The normalized spacial score (nSPS) is 23.1. The van der Waals surface area contributed by atoms with Crippen molar-refractivity contribution in [1.82, 2.24) is 5.32 Å². The first kappa shape index (κ1) is 9.69. The van der Waals surface area contributed by atoms with E-state index in [4.69, 9.17) is 4.74 Å². The van der Waals surface area contributed by atoms with E-state index >= 15 is 0 Å². The summed E-state index contributed by atoms with van der Waals surface area (Å²) in [6, 6.07) is 8.56. The average molecular weight is 191 g/mol. The molecule has 1 aromatic rings. The van der Waals surface area contributed by atoms with Gasteiger partial charge in [0.25, 0.3) is 0 Å². The SMILES string of the molecule is Cc1ccccc1C1CNCCOC1. The predicted octanol–water partition coefficient (Wildman–Crippen LogP) is 1.70. The topological polar surface area (TPSA) is 21.3 Å². The van der Waals surface area contributed by atoms with Crippen molar-refractivity contribution in [3.05, 3.63) is 35.4 Å². The summed E-state index contributed by atoms with van der Waals surface area (Å²) in [5.74, 6) is 0.513. The molecular weight excluding hydrogens is 174 g/mol. The van der Waals surface area contributed by atoms with Crippen LogP contribution in [0.25, 0.3) is 0 Å². The first-order chi connectivity index (χ1) is 6.88. The average Bonchev–Trinajstić information content (AvgIpc) is 2.47. The molecule has 1 aliphatic heterocycles. The minimum Gasteiger partial charge on any atom is -0.379 e. The Balaban J connectivity index is 2.16. The predicted molar refractivity (Wildman–Crippen MR) is 57.6 cm³/mol. The summed E-state index contributed by atoms with van der Waals surface area (Å²) >= 11 is 0. The Morgan fingerprint density at radius 1 is 1.36 bits per heavy atom. The van der Waals surface area contributed by atoms with Crippen molar-refractivity contribution in [2.45, 2.75) is 12.8 Å². The van der Waals surface area contributed by atoms with Gasteiger partial charge in [-0.25, -0.2) is 0 Å². The summed E-state index contributed by atoms with van der Waals surface area (Å²) < 4.78 is 5.55. The highest BCUT2D eigenvalue weighted by atomic mass is 16.5. The van der Waals surface area contributed by atoms with Crippen molar-refractivity contribution in [3.63, 3.8) is 0 Å². The summed E-state index contributed by atoms with van der Waals surface area (Å²) in [7, 11) is 0. The van der Waals surface area contributed by atoms with Crippen LogP contribution in [0.5, 0.6) is 0 Å². The van der Waals surface area contributed by atoms with Crippen LogP contribution >= 0.6 is 0 Å². The lowest BCUT2D eigenvalue weighted by Gasteiger charge is -2.16. The van der Waals surface area contributed by atoms with E-state index in [1.54, 1.807) is 0 Å².